The molecule has 1 aromatic rings. The Morgan fingerprint density at radius 1 is 1.42 bits per heavy atom. The molecule has 0 bridgehead atoms. The number of aliphatic hydroxyl groups excluding tert-OH is 1. The Morgan fingerprint density at radius 2 is 2.11 bits per heavy atom. The zero-order chi connectivity index (χ0) is 14.2. The summed E-state index contributed by atoms with van der Waals surface area (Å²) in [5, 5.41) is 9.65. The lowest BCUT2D eigenvalue weighted by molar-refractivity contribution is 0.0628. The molecule has 1 fully saturated rings. The lowest BCUT2D eigenvalue weighted by atomic mass is 9.99. The molecule has 19 heavy (non-hydrogen) atoms. The summed E-state index contributed by atoms with van der Waals surface area (Å²) in [6.07, 6.45) is -0.0264. The van der Waals surface area contributed by atoms with E-state index < -0.39 is 21.9 Å². The molecule has 106 valence electrons. The van der Waals surface area contributed by atoms with Crippen LogP contribution in [0.4, 0.5) is 4.39 Å². The van der Waals surface area contributed by atoms with Gasteiger partial charge in [0.1, 0.15) is 5.82 Å². The van der Waals surface area contributed by atoms with Gasteiger partial charge in [0.15, 0.2) is 0 Å². The van der Waals surface area contributed by atoms with E-state index in [-0.39, 0.29) is 10.8 Å². The Morgan fingerprint density at radius 3 is 2.68 bits per heavy atom. The van der Waals surface area contributed by atoms with E-state index in [0.29, 0.717) is 25.1 Å². The molecular formula is C13H18FNO3S. The van der Waals surface area contributed by atoms with Crippen molar-refractivity contribution in [3.05, 3.63) is 29.6 Å². The van der Waals surface area contributed by atoms with Gasteiger partial charge in [-0.2, -0.15) is 4.31 Å². The van der Waals surface area contributed by atoms with Crippen LogP contribution in [0, 0.1) is 18.7 Å². The molecule has 0 amide bonds. The molecule has 1 N–H and O–H groups in total. The number of hydrogen-bond acceptors (Lipinski definition) is 3. The zero-order valence-corrected chi connectivity index (χ0v) is 11.8. The first-order valence-corrected chi connectivity index (χ1v) is 7.70. The molecule has 0 spiro atoms. The van der Waals surface area contributed by atoms with Crippen molar-refractivity contribution < 1.29 is 17.9 Å². The second kappa shape index (κ2) is 5.19. The van der Waals surface area contributed by atoms with Crippen molar-refractivity contribution in [1.82, 2.24) is 4.31 Å². The average Bonchev–Trinajstić information content (AvgIpc) is 2.32. The van der Waals surface area contributed by atoms with E-state index in [4.69, 9.17) is 0 Å². The maximum atomic E-state index is 13.0. The molecule has 2 unspecified atom stereocenters. The van der Waals surface area contributed by atoms with E-state index in [1.165, 1.54) is 16.4 Å². The van der Waals surface area contributed by atoms with Crippen molar-refractivity contribution in [1.29, 1.82) is 0 Å². The Bertz CT molecular complexity index is 573. The van der Waals surface area contributed by atoms with E-state index in [2.05, 4.69) is 0 Å². The van der Waals surface area contributed by atoms with Gasteiger partial charge in [-0.25, -0.2) is 12.8 Å². The summed E-state index contributed by atoms with van der Waals surface area (Å²) in [4.78, 5) is 0.137. The standard InChI is InChI=1S/C13H18FNO3S/c1-9-7-11(14)3-4-13(9)19(17,18)15-6-5-12(16)10(2)8-15/h3-4,7,10,12,16H,5-6,8H2,1-2H3. The summed E-state index contributed by atoms with van der Waals surface area (Å²) in [5.74, 6) is -0.539. The van der Waals surface area contributed by atoms with Crippen LogP contribution in [-0.2, 0) is 10.0 Å². The second-order valence-corrected chi connectivity index (χ2v) is 7.01. The molecule has 1 aromatic carbocycles. The minimum Gasteiger partial charge on any atom is -0.393 e. The van der Waals surface area contributed by atoms with Crippen molar-refractivity contribution >= 4 is 10.0 Å². The van der Waals surface area contributed by atoms with Crippen LogP contribution in [-0.4, -0.2) is 37.0 Å². The normalized spacial score (nSPS) is 25.5. The zero-order valence-electron chi connectivity index (χ0n) is 11.0. The van der Waals surface area contributed by atoms with Crippen LogP contribution in [0.2, 0.25) is 0 Å². The molecular weight excluding hydrogens is 269 g/mol. The van der Waals surface area contributed by atoms with Crippen LogP contribution >= 0.6 is 0 Å². The highest BCUT2D eigenvalue weighted by atomic mass is 32.2. The Hall–Kier alpha value is -0.980. The van der Waals surface area contributed by atoms with Crippen LogP contribution in [0.15, 0.2) is 23.1 Å². The maximum absolute atomic E-state index is 13.0. The first-order valence-electron chi connectivity index (χ1n) is 6.26. The number of piperidine rings is 1. The van der Waals surface area contributed by atoms with Gasteiger partial charge < -0.3 is 5.11 Å². The lowest BCUT2D eigenvalue weighted by Gasteiger charge is -2.33. The monoisotopic (exact) mass is 287 g/mol. The van der Waals surface area contributed by atoms with Gasteiger partial charge in [0.2, 0.25) is 10.0 Å². The lowest BCUT2D eigenvalue weighted by Crippen LogP contribution is -2.45. The van der Waals surface area contributed by atoms with Crippen molar-refractivity contribution in [2.24, 2.45) is 5.92 Å². The van der Waals surface area contributed by atoms with Gasteiger partial charge in [-0.3, -0.25) is 0 Å². The van der Waals surface area contributed by atoms with Crippen LogP contribution in [0.3, 0.4) is 0 Å². The number of aryl methyl sites for hydroxylation is 1. The molecule has 1 heterocycles. The summed E-state index contributed by atoms with van der Waals surface area (Å²) >= 11 is 0. The van der Waals surface area contributed by atoms with Crippen LogP contribution in [0.5, 0.6) is 0 Å². The first-order chi connectivity index (χ1) is 8.82. The third-order valence-corrected chi connectivity index (χ3v) is 5.60. The summed E-state index contributed by atoms with van der Waals surface area (Å²) in [7, 11) is -3.61. The molecule has 2 atom stereocenters. The van der Waals surface area contributed by atoms with Crippen LogP contribution < -0.4 is 0 Å². The Labute approximate surface area is 112 Å². The molecule has 4 nitrogen and oxygen atoms in total. The molecule has 1 saturated heterocycles. The molecule has 0 aromatic heterocycles. The van der Waals surface area contributed by atoms with Gasteiger partial charge in [-0.05, 0) is 43.0 Å². The second-order valence-electron chi connectivity index (χ2n) is 5.11. The average molecular weight is 287 g/mol. The minimum absolute atomic E-state index is 0.0933. The largest absolute Gasteiger partial charge is 0.393 e. The minimum atomic E-state index is -3.61. The number of hydrogen-bond donors (Lipinski definition) is 1. The number of sulfonamides is 1. The summed E-state index contributed by atoms with van der Waals surface area (Å²) < 4.78 is 39.4. The maximum Gasteiger partial charge on any atom is 0.243 e. The highest BCUT2D eigenvalue weighted by Gasteiger charge is 2.33. The van der Waals surface area contributed by atoms with Gasteiger partial charge in [0.05, 0.1) is 11.0 Å². The van der Waals surface area contributed by atoms with Gasteiger partial charge in [-0.1, -0.05) is 6.92 Å². The smallest absolute Gasteiger partial charge is 0.243 e. The van der Waals surface area contributed by atoms with E-state index in [1.54, 1.807) is 6.92 Å². The number of rotatable bonds is 2. The third kappa shape index (κ3) is 2.80. The van der Waals surface area contributed by atoms with E-state index in [0.717, 1.165) is 6.07 Å². The van der Waals surface area contributed by atoms with E-state index in [9.17, 15) is 17.9 Å². The first kappa shape index (κ1) is 14.4. The molecule has 1 aliphatic heterocycles. The highest BCUT2D eigenvalue weighted by molar-refractivity contribution is 7.89. The highest BCUT2D eigenvalue weighted by Crippen LogP contribution is 2.25. The summed E-state index contributed by atoms with van der Waals surface area (Å²) in [6.45, 7) is 3.99. The SMILES string of the molecule is Cc1cc(F)ccc1S(=O)(=O)N1CCC(O)C(C)C1. The van der Waals surface area contributed by atoms with E-state index in [1.807, 2.05) is 6.92 Å². The molecule has 1 aliphatic rings. The van der Waals surface area contributed by atoms with Crippen molar-refractivity contribution in [2.75, 3.05) is 13.1 Å². The van der Waals surface area contributed by atoms with E-state index >= 15 is 0 Å². The molecule has 2 rings (SSSR count). The summed E-state index contributed by atoms with van der Waals surface area (Å²) in [5.41, 5.74) is 0.402. The van der Waals surface area contributed by atoms with Gasteiger partial charge in [0, 0.05) is 13.1 Å². The number of nitrogens with zero attached hydrogens (tertiary/aromatic N) is 1. The Balaban J connectivity index is 2.32. The summed E-state index contributed by atoms with van der Waals surface area (Å²) in [6, 6.07) is 3.67. The predicted molar refractivity (Wildman–Crippen MR) is 69.7 cm³/mol. The van der Waals surface area contributed by atoms with Crippen LogP contribution in [0.25, 0.3) is 0 Å². The van der Waals surface area contributed by atoms with Gasteiger partial charge in [0.25, 0.3) is 0 Å². The fourth-order valence-electron chi connectivity index (χ4n) is 2.35. The fourth-order valence-corrected chi connectivity index (χ4v) is 4.12. The van der Waals surface area contributed by atoms with Crippen molar-refractivity contribution in [2.45, 2.75) is 31.3 Å². The van der Waals surface area contributed by atoms with Crippen molar-refractivity contribution in [3.8, 4) is 0 Å². The van der Waals surface area contributed by atoms with Gasteiger partial charge >= 0.3 is 0 Å². The van der Waals surface area contributed by atoms with Gasteiger partial charge in [-0.15, -0.1) is 0 Å². The molecule has 0 radical (unpaired) electrons. The Kier molecular flexibility index (Phi) is 3.94. The number of halogens is 1. The third-order valence-electron chi connectivity index (χ3n) is 3.58. The molecule has 0 aliphatic carbocycles. The predicted octanol–water partition coefficient (Wildman–Crippen LogP) is 1.53. The fraction of sp³-hybridized carbons (Fsp3) is 0.538. The van der Waals surface area contributed by atoms with Crippen LogP contribution in [0.1, 0.15) is 18.9 Å². The van der Waals surface area contributed by atoms with Crippen molar-refractivity contribution in [3.63, 3.8) is 0 Å². The molecule has 6 heteroatoms. The number of benzene rings is 1. The topological polar surface area (TPSA) is 57.6 Å². The quantitative estimate of drug-likeness (QED) is 0.897. The number of aliphatic hydroxyl groups is 1. The molecule has 0 saturated carbocycles.